The molecule has 5 heteroatoms. The van der Waals surface area contributed by atoms with Crippen LogP contribution in [-0.4, -0.2) is 38.0 Å². The number of para-hydroxylation sites is 1. The molecule has 0 unspecified atom stereocenters. The van der Waals surface area contributed by atoms with Crippen molar-refractivity contribution in [2.45, 2.75) is 27.2 Å². The van der Waals surface area contributed by atoms with Crippen molar-refractivity contribution in [1.82, 2.24) is 4.90 Å². The molecule has 0 atom stereocenters. The van der Waals surface area contributed by atoms with Gasteiger partial charge in [-0.15, -0.1) is 0 Å². The van der Waals surface area contributed by atoms with Crippen molar-refractivity contribution in [3.63, 3.8) is 0 Å². The largest absolute Gasteiger partial charge is 0.491 e. The number of hydrogen-bond donors (Lipinski definition) is 3. The Morgan fingerprint density at radius 1 is 1.15 bits per heavy atom. The van der Waals surface area contributed by atoms with Crippen LogP contribution in [0.2, 0.25) is 0 Å². The summed E-state index contributed by atoms with van der Waals surface area (Å²) in [6.07, 6.45) is 0.909. The molecule has 2 rings (SSSR count). The zero-order valence-electron chi connectivity index (χ0n) is 17.1. The van der Waals surface area contributed by atoms with Gasteiger partial charge in [-0.25, -0.2) is 0 Å². The van der Waals surface area contributed by atoms with Crippen LogP contribution in [0.3, 0.4) is 0 Å². The Hall–Kier alpha value is -2.53. The van der Waals surface area contributed by atoms with Crippen LogP contribution in [0.15, 0.2) is 42.5 Å². The quantitative estimate of drug-likeness (QED) is 0.457. The van der Waals surface area contributed by atoms with Gasteiger partial charge in [0.05, 0.1) is 12.3 Å². The second-order valence-corrected chi connectivity index (χ2v) is 7.95. The Labute approximate surface area is 163 Å². The van der Waals surface area contributed by atoms with Crippen molar-refractivity contribution < 1.29 is 4.74 Å². The van der Waals surface area contributed by atoms with Crippen molar-refractivity contribution in [3.8, 4) is 5.75 Å². The van der Waals surface area contributed by atoms with Crippen LogP contribution >= 0.6 is 0 Å². The lowest BCUT2D eigenvalue weighted by atomic mass is 9.94. The van der Waals surface area contributed by atoms with E-state index in [-0.39, 0.29) is 11.3 Å². The number of nitrogens with two attached hydrogens (primary N) is 1. The van der Waals surface area contributed by atoms with Gasteiger partial charge in [0, 0.05) is 23.2 Å². The lowest BCUT2D eigenvalue weighted by Gasteiger charge is -2.29. The number of nitrogen functional groups attached to an aromatic ring is 1. The summed E-state index contributed by atoms with van der Waals surface area (Å²) in [4.78, 5) is 2.18. The van der Waals surface area contributed by atoms with Crippen molar-refractivity contribution in [2.24, 2.45) is 11.1 Å². The van der Waals surface area contributed by atoms with Gasteiger partial charge in [0.25, 0.3) is 0 Å². The van der Waals surface area contributed by atoms with Crippen LogP contribution in [0, 0.1) is 10.8 Å². The number of nitrogens with one attached hydrogen (secondary N) is 2. The van der Waals surface area contributed by atoms with E-state index < -0.39 is 0 Å². The van der Waals surface area contributed by atoms with Crippen LogP contribution < -0.4 is 15.8 Å². The van der Waals surface area contributed by atoms with E-state index >= 15 is 0 Å². The lowest BCUT2D eigenvalue weighted by molar-refractivity contribution is 0.142. The molecular formula is C22H32N4O. The van der Waals surface area contributed by atoms with Gasteiger partial charge < -0.3 is 20.7 Å². The van der Waals surface area contributed by atoms with E-state index in [0.29, 0.717) is 12.2 Å². The summed E-state index contributed by atoms with van der Waals surface area (Å²) in [7, 11) is 4.16. The third-order valence-electron chi connectivity index (χ3n) is 4.32. The van der Waals surface area contributed by atoms with Crippen LogP contribution in [0.4, 0.5) is 11.4 Å². The fourth-order valence-corrected chi connectivity index (χ4v) is 3.19. The van der Waals surface area contributed by atoms with Crippen LogP contribution in [-0.2, 0) is 6.42 Å². The van der Waals surface area contributed by atoms with E-state index in [0.717, 1.165) is 30.1 Å². The van der Waals surface area contributed by atoms with Gasteiger partial charge in [0.2, 0.25) is 0 Å². The number of anilines is 2. The van der Waals surface area contributed by atoms with Gasteiger partial charge in [-0.3, -0.25) is 5.41 Å². The molecular weight excluding hydrogens is 336 g/mol. The maximum atomic E-state index is 7.52. The van der Waals surface area contributed by atoms with E-state index in [2.05, 4.69) is 51.1 Å². The second-order valence-electron chi connectivity index (χ2n) is 7.95. The molecule has 2 aromatic rings. The maximum Gasteiger partial charge on any atom is 0.143 e. The Balaban J connectivity index is 2.23. The second kappa shape index (κ2) is 8.91. The predicted octanol–water partition coefficient (Wildman–Crippen LogP) is 4.24. The van der Waals surface area contributed by atoms with Gasteiger partial charge in [0.15, 0.2) is 0 Å². The molecule has 27 heavy (non-hydrogen) atoms. The highest BCUT2D eigenvalue weighted by Crippen LogP contribution is 2.33. The summed E-state index contributed by atoms with van der Waals surface area (Å²) in [5, 5.41) is 11.0. The maximum absolute atomic E-state index is 7.52. The van der Waals surface area contributed by atoms with Crippen LogP contribution in [0.25, 0.3) is 0 Å². The summed E-state index contributed by atoms with van der Waals surface area (Å²) in [5.74, 6) is 0.930. The zero-order valence-corrected chi connectivity index (χ0v) is 17.1. The molecule has 0 aromatic heterocycles. The fraction of sp³-hybridized carbons (Fsp3) is 0.409. The van der Waals surface area contributed by atoms with E-state index in [1.807, 2.05) is 36.4 Å². The molecule has 0 aliphatic rings. The number of aryl methyl sites for hydroxylation is 1. The first-order valence-corrected chi connectivity index (χ1v) is 9.33. The zero-order chi connectivity index (χ0) is 20.0. The number of ether oxygens (including phenoxy) is 1. The van der Waals surface area contributed by atoms with Crippen molar-refractivity contribution >= 4 is 17.2 Å². The molecule has 0 amide bonds. The highest BCUT2D eigenvalue weighted by atomic mass is 16.5. The molecule has 0 aliphatic carbocycles. The normalized spacial score (nSPS) is 11.5. The molecule has 0 aliphatic heterocycles. The summed E-state index contributed by atoms with van der Waals surface area (Å²) < 4.78 is 6.24. The third kappa shape index (κ3) is 6.00. The Bertz CT molecular complexity index is 766. The monoisotopic (exact) mass is 368 g/mol. The van der Waals surface area contributed by atoms with Crippen molar-refractivity contribution in [1.29, 1.82) is 5.41 Å². The molecule has 0 spiro atoms. The van der Waals surface area contributed by atoms with E-state index in [1.165, 1.54) is 5.56 Å². The molecule has 146 valence electrons. The molecule has 0 fully saturated rings. The van der Waals surface area contributed by atoms with Gasteiger partial charge in [-0.1, -0.05) is 32.9 Å². The standard InChI is InChI=1S/C22H32N4O/c1-6-16-8-7-9-19(27-15-22(2,3)14-26(4)5)20(16)25-18-12-10-17(11-13-18)21(23)24/h7-13,25H,6,14-15H2,1-5H3,(H3,23,24). The minimum absolute atomic E-state index is 0.0477. The van der Waals surface area contributed by atoms with Gasteiger partial charge in [-0.2, -0.15) is 0 Å². The number of hydrogen-bond acceptors (Lipinski definition) is 4. The first-order chi connectivity index (χ1) is 12.7. The highest BCUT2D eigenvalue weighted by molar-refractivity contribution is 5.95. The predicted molar refractivity (Wildman–Crippen MR) is 114 cm³/mol. The summed E-state index contributed by atoms with van der Waals surface area (Å²) >= 11 is 0. The first-order valence-electron chi connectivity index (χ1n) is 9.33. The fourth-order valence-electron chi connectivity index (χ4n) is 3.19. The lowest BCUT2D eigenvalue weighted by Crippen LogP contribution is -2.33. The topological polar surface area (TPSA) is 74.4 Å². The molecule has 5 nitrogen and oxygen atoms in total. The number of benzene rings is 2. The Morgan fingerprint density at radius 2 is 1.81 bits per heavy atom. The molecule has 0 saturated carbocycles. The molecule has 0 bridgehead atoms. The molecule has 4 N–H and O–H groups in total. The average molecular weight is 369 g/mol. The summed E-state index contributed by atoms with van der Waals surface area (Å²) in [5.41, 5.74) is 9.44. The smallest absolute Gasteiger partial charge is 0.143 e. The first kappa shape index (κ1) is 20.8. The van der Waals surface area contributed by atoms with E-state index in [1.54, 1.807) is 0 Å². The van der Waals surface area contributed by atoms with Gasteiger partial charge >= 0.3 is 0 Å². The minimum Gasteiger partial charge on any atom is -0.491 e. The molecule has 0 radical (unpaired) electrons. The SMILES string of the molecule is CCc1cccc(OCC(C)(C)CN(C)C)c1Nc1ccc(C(=N)N)cc1. The molecule has 0 heterocycles. The van der Waals surface area contributed by atoms with Gasteiger partial charge in [0.1, 0.15) is 11.6 Å². The minimum atomic E-state index is 0.0477. The van der Waals surface area contributed by atoms with E-state index in [4.69, 9.17) is 15.9 Å². The van der Waals surface area contributed by atoms with Gasteiger partial charge in [-0.05, 0) is 56.4 Å². The summed E-state index contributed by atoms with van der Waals surface area (Å²) in [6.45, 7) is 8.15. The summed E-state index contributed by atoms with van der Waals surface area (Å²) in [6, 6.07) is 13.7. The highest BCUT2D eigenvalue weighted by Gasteiger charge is 2.21. The number of amidine groups is 1. The molecule has 0 saturated heterocycles. The van der Waals surface area contributed by atoms with E-state index in [9.17, 15) is 0 Å². The van der Waals surface area contributed by atoms with Crippen LogP contribution in [0.5, 0.6) is 5.75 Å². The molecule has 2 aromatic carbocycles. The number of nitrogens with zero attached hydrogens (tertiary/aromatic N) is 1. The average Bonchev–Trinajstić information content (AvgIpc) is 2.60. The third-order valence-corrected chi connectivity index (χ3v) is 4.32. The van der Waals surface area contributed by atoms with Crippen LogP contribution in [0.1, 0.15) is 31.9 Å². The number of rotatable bonds is 9. The van der Waals surface area contributed by atoms with Crippen molar-refractivity contribution in [3.05, 3.63) is 53.6 Å². The van der Waals surface area contributed by atoms with Crippen molar-refractivity contribution in [2.75, 3.05) is 32.6 Å². The Morgan fingerprint density at radius 3 is 2.37 bits per heavy atom. The Kier molecular flexibility index (Phi) is 6.86.